The number of carbonyl (C=O) groups excluding carboxylic acids is 1. The molecule has 2 aromatic carbocycles. The molecule has 0 saturated heterocycles. The van der Waals surface area contributed by atoms with Gasteiger partial charge in [0.05, 0.1) is 10.2 Å². The van der Waals surface area contributed by atoms with Crippen molar-refractivity contribution in [3.05, 3.63) is 48.0 Å². The van der Waals surface area contributed by atoms with Crippen LogP contribution in [-0.4, -0.2) is 35.3 Å². The number of nitrogens with one attached hydrogen (secondary N) is 2. The van der Waals surface area contributed by atoms with Crippen molar-refractivity contribution in [3.63, 3.8) is 0 Å². The highest BCUT2D eigenvalue weighted by Gasteiger charge is 2.15. The highest BCUT2D eigenvalue weighted by Crippen LogP contribution is 2.27. The molecular weight excluding hydrogens is 350 g/mol. The Labute approximate surface area is 154 Å². The maximum atomic E-state index is 11.4. The molecule has 0 saturated carbocycles. The molecule has 26 heavy (non-hydrogen) atoms. The van der Waals surface area contributed by atoms with Crippen molar-refractivity contribution in [1.82, 2.24) is 4.98 Å². The molecule has 0 bridgehead atoms. The number of aliphatic hydroxyl groups is 1. The summed E-state index contributed by atoms with van der Waals surface area (Å²) in [5, 5.41) is 16.9. The van der Waals surface area contributed by atoms with Crippen LogP contribution >= 0.6 is 11.3 Å². The predicted octanol–water partition coefficient (Wildman–Crippen LogP) is 3.03. The molecule has 1 aliphatic rings. The maximum Gasteiger partial charge on any atom is 0.224 e. The topological polar surface area (TPSA) is 83.5 Å². The third kappa shape index (κ3) is 3.79. The number of rotatable bonds is 6. The number of fused-ring (bicyclic) bond motifs is 2. The van der Waals surface area contributed by atoms with Crippen molar-refractivity contribution in [2.45, 2.75) is 18.9 Å². The van der Waals surface area contributed by atoms with Crippen LogP contribution in [0.3, 0.4) is 0 Å². The number of nitrogens with zero attached hydrogens (tertiary/aromatic N) is 1. The maximum absolute atomic E-state index is 11.4. The van der Waals surface area contributed by atoms with Gasteiger partial charge in [0.1, 0.15) is 18.5 Å². The summed E-state index contributed by atoms with van der Waals surface area (Å²) in [7, 11) is 0. The van der Waals surface area contributed by atoms with Gasteiger partial charge in [0.2, 0.25) is 5.91 Å². The van der Waals surface area contributed by atoms with Gasteiger partial charge in [0.25, 0.3) is 0 Å². The second kappa shape index (κ2) is 7.31. The fraction of sp³-hybridized carbons (Fsp3) is 0.263. The summed E-state index contributed by atoms with van der Waals surface area (Å²) >= 11 is 1.56. The molecule has 0 aliphatic carbocycles. The van der Waals surface area contributed by atoms with E-state index in [9.17, 15) is 9.90 Å². The number of benzene rings is 2. The van der Waals surface area contributed by atoms with Crippen molar-refractivity contribution in [1.29, 1.82) is 0 Å². The molecule has 3 aromatic rings. The van der Waals surface area contributed by atoms with Crippen LogP contribution in [0, 0.1) is 0 Å². The first-order valence-corrected chi connectivity index (χ1v) is 9.32. The molecular formula is C19H19N3O3S. The van der Waals surface area contributed by atoms with Crippen molar-refractivity contribution in [2.75, 3.05) is 23.8 Å². The second-order valence-electron chi connectivity index (χ2n) is 6.20. The Bertz CT molecular complexity index is 908. The van der Waals surface area contributed by atoms with Gasteiger partial charge < -0.3 is 20.5 Å². The molecule has 0 fully saturated rings. The summed E-state index contributed by atoms with van der Waals surface area (Å²) in [6.07, 6.45) is 0.545. The van der Waals surface area contributed by atoms with Crippen LogP contribution in [0.5, 0.6) is 5.75 Å². The molecule has 1 atom stereocenters. The zero-order valence-electron chi connectivity index (χ0n) is 14.1. The first-order chi connectivity index (χ1) is 12.7. The summed E-state index contributed by atoms with van der Waals surface area (Å²) in [6, 6.07) is 13.5. The van der Waals surface area contributed by atoms with E-state index in [4.69, 9.17) is 4.74 Å². The number of para-hydroxylation sites is 1. The number of hydrogen-bond donors (Lipinski definition) is 3. The minimum Gasteiger partial charge on any atom is -0.491 e. The average molecular weight is 369 g/mol. The summed E-state index contributed by atoms with van der Waals surface area (Å²) in [6.45, 7) is 0.545. The van der Waals surface area contributed by atoms with Gasteiger partial charge >= 0.3 is 0 Å². The molecule has 7 heteroatoms. The molecule has 1 aromatic heterocycles. The lowest BCUT2D eigenvalue weighted by molar-refractivity contribution is -0.116. The van der Waals surface area contributed by atoms with E-state index < -0.39 is 6.10 Å². The molecule has 0 unspecified atom stereocenters. The smallest absolute Gasteiger partial charge is 0.224 e. The SMILES string of the molecule is O=C1CCc2cc(OC[C@@H](O)CNc3nc4ccccc4s3)ccc2N1. The largest absolute Gasteiger partial charge is 0.491 e. The Hall–Kier alpha value is -2.64. The number of anilines is 2. The van der Waals surface area contributed by atoms with Crippen LogP contribution in [0.4, 0.5) is 10.8 Å². The molecule has 0 spiro atoms. The quantitative estimate of drug-likeness (QED) is 0.622. The first-order valence-electron chi connectivity index (χ1n) is 8.50. The van der Waals surface area contributed by atoms with Crippen molar-refractivity contribution < 1.29 is 14.6 Å². The van der Waals surface area contributed by atoms with Crippen molar-refractivity contribution >= 4 is 38.3 Å². The lowest BCUT2D eigenvalue weighted by Gasteiger charge is -2.18. The fourth-order valence-corrected chi connectivity index (χ4v) is 3.73. The van der Waals surface area contributed by atoms with Gasteiger partial charge in [-0.15, -0.1) is 0 Å². The van der Waals surface area contributed by atoms with Gasteiger partial charge in [0.15, 0.2) is 5.13 Å². The molecule has 2 heterocycles. The summed E-state index contributed by atoms with van der Waals surface area (Å²) in [4.78, 5) is 15.9. The number of carbonyl (C=O) groups is 1. The van der Waals surface area contributed by atoms with Gasteiger partial charge in [0, 0.05) is 18.7 Å². The van der Waals surface area contributed by atoms with E-state index in [1.807, 2.05) is 36.4 Å². The first kappa shape index (κ1) is 16.8. The Morgan fingerprint density at radius 2 is 2.15 bits per heavy atom. The van der Waals surface area contributed by atoms with Gasteiger partial charge in [-0.25, -0.2) is 4.98 Å². The Kier molecular flexibility index (Phi) is 4.73. The minimum atomic E-state index is -0.655. The van der Waals surface area contributed by atoms with Crippen LogP contribution in [0.2, 0.25) is 0 Å². The lowest BCUT2D eigenvalue weighted by Crippen LogP contribution is -2.26. The number of aromatic nitrogens is 1. The summed E-state index contributed by atoms with van der Waals surface area (Å²) in [5.74, 6) is 0.737. The number of thiazole rings is 1. The molecule has 1 amide bonds. The van der Waals surface area contributed by atoms with Crippen LogP contribution in [0.25, 0.3) is 10.2 Å². The minimum absolute atomic E-state index is 0.0440. The van der Waals surface area contributed by atoms with E-state index in [1.165, 1.54) is 0 Å². The molecule has 4 rings (SSSR count). The van der Waals surface area contributed by atoms with Gasteiger partial charge in [-0.1, -0.05) is 23.5 Å². The van der Waals surface area contributed by atoms with Crippen LogP contribution < -0.4 is 15.4 Å². The summed E-state index contributed by atoms with van der Waals surface area (Å²) in [5.41, 5.74) is 2.85. The van der Waals surface area contributed by atoms with Crippen molar-refractivity contribution in [3.8, 4) is 5.75 Å². The molecule has 0 radical (unpaired) electrons. The Morgan fingerprint density at radius 3 is 3.04 bits per heavy atom. The fourth-order valence-electron chi connectivity index (χ4n) is 2.85. The van der Waals surface area contributed by atoms with Crippen molar-refractivity contribution in [2.24, 2.45) is 0 Å². The molecule has 6 nitrogen and oxygen atoms in total. The lowest BCUT2D eigenvalue weighted by atomic mass is 10.0. The predicted molar refractivity (Wildman–Crippen MR) is 103 cm³/mol. The van der Waals surface area contributed by atoms with E-state index in [0.29, 0.717) is 25.1 Å². The zero-order valence-corrected chi connectivity index (χ0v) is 14.9. The van der Waals surface area contributed by atoms with Gasteiger partial charge in [-0.05, 0) is 42.3 Å². The Morgan fingerprint density at radius 1 is 1.27 bits per heavy atom. The number of aryl methyl sites for hydroxylation is 1. The third-order valence-electron chi connectivity index (χ3n) is 4.20. The summed E-state index contributed by atoms with van der Waals surface area (Å²) < 4.78 is 6.80. The standard InChI is InChI=1S/C19H19N3O3S/c23-13(10-20-19-22-16-3-1-2-4-17(16)26-19)11-25-14-6-7-15-12(9-14)5-8-18(24)21-15/h1-4,6-7,9,13,23H,5,8,10-11H2,(H,20,22)(H,21,24)/t13-/m0/s1. The Balaban J connectivity index is 1.30. The van der Waals surface area contributed by atoms with Gasteiger partial charge in [-0.3, -0.25) is 4.79 Å². The highest BCUT2D eigenvalue weighted by atomic mass is 32.1. The van der Waals surface area contributed by atoms with Gasteiger partial charge in [-0.2, -0.15) is 0 Å². The molecule has 3 N–H and O–H groups in total. The van der Waals surface area contributed by atoms with Crippen LogP contribution in [-0.2, 0) is 11.2 Å². The number of amides is 1. The van der Waals surface area contributed by atoms with E-state index in [-0.39, 0.29) is 12.5 Å². The van der Waals surface area contributed by atoms with E-state index in [0.717, 1.165) is 26.6 Å². The van der Waals surface area contributed by atoms with Crippen LogP contribution in [0.15, 0.2) is 42.5 Å². The highest BCUT2D eigenvalue weighted by molar-refractivity contribution is 7.22. The molecule has 1 aliphatic heterocycles. The molecule has 134 valence electrons. The monoisotopic (exact) mass is 369 g/mol. The zero-order chi connectivity index (χ0) is 17.9. The number of aliphatic hydroxyl groups excluding tert-OH is 1. The van der Waals surface area contributed by atoms with Crippen LogP contribution in [0.1, 0.15) is 12.0 Å². The van der Waals surface area contributed by atoms with E-state index in [1.54, 1.807) is 17.4 Å². The second-order valence-corrected chi connectivity index (χ2v) is 7.23. The third-order valence-corrected chi connectivity index (χ3v) is 5.19. The normalized spacial score (nSPS) is 14.6. The average Bonchev–Trinajstić information content (AvgIpc) is 3.07. The van der Waals surface area contributed by atoms with E-state index in [2.05, 4.69) is 15.6 Å². The number of hydrogen-bond acceptors (Lipinski definition) is 6. The number of ether oxygens (including phenoxy) is 1. The van der Waals surface area contributed by atoms with E-state index >= 15 is 0 Å².